The first-order valence-electron chi connectivity index (χ1n) is 9.91. The van der Waals surface area contributed by atoms with Crippen molar-refractivity contribution in [3.05, 3.63) is 81.1 Å². The molecule has 1 N–H and O–H groups in total. The van der Waals surface area contributed by atoms with Crippen molar-refractivity contribution in [2.75, 3.05) is 26.2 Å². The van der Waals surface area contributed by atoms with E-state index in [9.17, 15) is 9.59 Å². The number of nitrogens with one attached hydrogen (secondary N) is 1. The summed E-state index contributed by atoms with van der Waals surface area (Å²) >= 11 is 5.96. The number of likely N-dealkylation sites (N-methyl/N-ethyl adjacent to an activating group) is 1. The summed E-state index contributed by atoms with van der Waals surface area (Å²) in [6.45, 7) is 7.82. The smallest absolute Gasteiger partial charge is 0.252 e. The van der Waals surface area contributed by atoms with Gasteiger partial charge in [0, 0.05) is 29.6 Å². The minimum Gasteiger partial charge on any atom is -0.351 e. The van der Waals surface area contributed by atoms with Gasteiger partial charge in [-0.2, -0.15) is 0 Å². The normalized spacial score (nSPS) is 11.2. The monoisotopic (exact) mass is 411 g/mol. The molecule has 3 rings (SSSR count). The molecule has 0 radical (unpaired) electrons. The third-order valence-corrected chi connectivity index (χ3v) is 5.38. The first-order chi connectivity index (χ1) is 14.0. The molecule has 0 aliphatic carbocycles. The largest absolute Gasteiger partial charge is 0.351 e. The van der Waals surface area contributed by atoms with Crippen molar-refractivity contribution in [1.29, 1.82) is 0 Å². The van der Waals surface area contributed by atoms with Crippen molar-refractivity contribution in [1.82, 2.24) is 14.8 Å². The molecule has 1 amide bonds. The summed E-state index contributed by atoms with van der Waals surface area (Å²) in [4.78, 5) is 27.9. The van der Waals surface area contributed by atoms with Crippen LogP contribution in [0.3, 0.4) is 0 Å². The molecule has 5 nitrogen and oxygen atoms in total. The highest BCUT2D eigenvalue weighted by molar-refractivity contribution is 6.30. The molecule has 0 fully saturated rings. The van der Waals surface area contributed by atoms with E-state index < -0.39 is 0 Å². The van der Waals surface area contributed by atoms with Gasteiger partial charge in [0.25, 0.3) is 11.5 Å². The first kappa shape index (κ1) is 21.1. The third-order valence-electron chi connectivity index (χ3n) is 5.13. The Labute approximate surface area is 175 Å². The van der Waals surface area contributed by atoms with Crippen molar-refractivity contribution in [2.45, 2.75) is 20.4 Å². The molecule has 6 heteroatoms. The van der Waals surface area contributed by atoms with Crippen molar-refractivity contribution in [3.63, 3.8) is 0 Å². The fourth-order valence-corrected chi connectivity index (χ4v) is 3.55. The second-order valence-corrected chi connectivity index (χ2v) is 7.35. The van der Waals surface area contributed by atoms with Gasteiger partial charge in [0.15, 0.2) is 0 Å². The van der Waals surface area contributed by atoms with Crippen molar-refractivity contribution >= 4 is 28.4 Å². The van der Waals surface area contributed by atoms with E-state index >= 15 is 0 Å². The lowest BCUT2D eigenvalue weighted by atomic mass is 10.1. The lowest BCUT2D eigenvalue weighted by Gasteiger charge is -2.18. The van der Waals surface area contributed by atoms with E-state index in [2.05, 4.69) is 24.1 Å². The van der Waals surface area contributed by atoms with Gasteiger partial charge in [-0.25, -0.2) is 0 Å². The molecule has 29 heavy (non-hydrogen) atoms. The summed E-state index contributed by atoms with van der Waals surface area (Å²) in [5, 5.41) is 4.37. The van der Waals surface area contributed by atoms with Crippen LogP contribution in [0.2, 0.25) is 5.02 Å². The predicted molar refractivity (Wildman–Crippen MR) is 119 cm³/mol. The molecular weight excluding hydrogens is 386 g/mol. The summed E-state index contributed by atoms with van der Waals surface area (Å²) in [5.41, 5.74) is 1.92. The molecular formula is C23H26ClN3O2. The Balaban J connectivity index is 1.89. The Bertz CT molecular complexity index is 1040. The summed E-state index contributed by atoms with van der Waals surface area (Å²) in [7, 11) is 0. The van der Waals surface area contributed by atoms with E-state index in [4.69, 9.17) is 11.6 Å². The quantitative estimate of drug-likeness (QED) is 0.613. The van der Waals surface area contributed by atoms with Crippen molar-refractivity contribution < 1.29 is 4.79 Å². The van der Waals surface area contributed by atoms with Crippen LogP contribution in [0.25, 0.3) is 10.9 Å². The molecule has 0 bridgehead atoms. The van der Waals surface area contributed by atoms with Gasteiger partial charge < -0.3 is 14.8 Å². The number of aromatic nitrogens is 1. The predicted octanol–water partition coefficient (Wildman–Crippen LogP) is 3.77. The van der Waals surface area contributed by atoms with Crippen LogP contribution < -0.4 is 10.9 Å². The summed E-state index contributed by atoms with van der Waals surface area (Å²) < 4.78 is 1.69. The number of halogens is 1. The Morgan fingerprint density at radius 3 is 2.45 bits per heavy atom. The van der Waals surface area contributed by atoms with Crippen LogP contribution in [-0.4, -0.2) is 41.6 Å². The molecule has 0 unspecified atom stereocenters. The average Bonchev–Trinajstić information content (AvgIpc) is 2.74. The van der Waals surface area contributed by atoms with Crippen LogP contribution in [0, 0.1) is 0 Å². The Morgan fingerprint density at radius 2 is 1.76 bits per heavy atom. The van der Waals surface area contributed by atoms with Crippen LogP contribution in [0.4, 0.5) is 0 Å². The fourth-order valence-electron chi connectivity index (χ4n) is 3.42. The fraction of sp³-hybridized carbons (Fsp3) is 0.304. The number of carbonyl (C=O) groups is 1. The van der Waals surface area contributed by atoms with Gasteiger partial charge in [0.1, 0.15) is 0 Å². The first-order valence-corrected chi connectivity index (χ1v) is 10.3. The van der Waals surface area contributed by atoms with Gasteiger partial charge in [-0.3, -0.25) is 9.59 Å². The van der Waals surface area contributed by atoms with Crippen LogP contribution in [-0.2, 0) is 6.54 Å². The number of benzene rings is 2. The molecule has 0 atom stereocenters. The zero-order valence-corrected chi connectivity index (χ0v) is 17.6. The maximum Gasteiger partial charge on any atom is 0.252 e. The van der Waals surface area contributed by atoms with E-state index in [0.29, 0.717) is 23.7 Å². The lowest BCUT2D eigenvalue weighted by Crippen LogP contribution is -2.35. The minimum absolute atomic E-state index is 0.201. The molecule has 2 aromatic carbocycles. The molecule has 0 saturated heterocycles. The number of fused-ring (bicyclic) bond motifs is 1. The third kappa shape index (κ3) is 5.05. The SMILES string of the molecule is CCN(CC)CCNC(=O)c1cc(=O)n(Cc2ccc(Cl)cc2)c2ccccc12. The average molecular weight is 412 g/mol. The van der Waals surface area contributed by atoms with Gasteiger partial charge in [-0.1, -0.05) is 55.8 Å². The van der Waals surface area contributed by atoms with Gasteiger partial charge in [0.05, 0.1) is 17.6 Å². The summed E-state index contributed by atoms with van der Waals surface area (Å²) in [6, 6.07) is 16.4. The Morgan fingerprint density at radius 1 is 1.07 bits per heavy atom. The standard InChI is InChI=1S/C23H26ClN3O2/c1-3-26(4-2)14-13-25-23(29)20-15-22(28)27(21-8-6-5-7-19(20)21)16-17-9-11-18(24)12-10-17/h5-12,15H,3-4,13-14,16H2,1-2H3,(H,25,29). The molecule has 1 heterocycles. The van der Waals surface area contributed by atoms with Gasteiger partial charge >= 0.3 is 0 Å². The van der Waals surface area contributed by atoms with E-state index in [0.717, 1.165) is 36.1 Å². The van der Waals surface area contributed by atoms with Gasteiger partial charge in [-0.15, -0.1) is 0 Å². The number of pyridine rings is 1. The number of hydrogen-bond acceptors (Lipinski definition) is 3. The number of hydrogen-bond donors (Lipinski definition) is 1. The number of para-hydroxylation sites is 1. The second kappa shape index (κ2) is 9.72. The number of nitrogens with zero attached hydrogens (tertiary/aromatic N) is 2. The summed E-state index contributed by atoms with van der Waals surface area (Å²) in [6.07, 6.45) is 0. The van der Waals surface area contributed by atoms with Gasteiger partial charge in [0.2, 0.25) is 0 Å². The topological polar surface area (TPSA) is 54.3 Å². The van der Waals surface area contributed by atoms with E-state index in [1.165, 1.54) is 6.07 Å². The summed E-state index contributed by atoms with van der Waals surface area (Å²) in [5.74, 6) is -0.218. The van der Waals surface area contributed by atoms with E-state index in [-0.39, 0.29) is 11.5 Å². The highest BCUT2D eigenvalue weighted by Gasteiger charge is 2.15. The molecule has 0 saturated carbocycles. The number of rotatable bonds is 8. The number of amides is 1. The highest BCUT2D eigenvalue weighted by Crippen LogP contribution is 2.18. The lowest BCUT2D eigenvalue weighted by molar-refractivity contribution is 0.0950. The zero-order valence-electron chi connectivity index (χ0n) is 16.8. The van der Waals surface area contributed by atoms with Crippen LogP contribution in [0.1, 0.15) is 29.8 Å². The Hall–Kier alpha value is -2.63. The highest BCUT2D eigenvalue weighted by atomic mass is 35.5. The van der Waals surface area contributed by atoms with E-state index in [1.54, 1.807) is 4.57 Å². The zero-order chi connectivity index (χ0) is 20.8. The van der Waals surface area contributed by atoms with Crippen molar-refractivity contribution in [3.8, 4) is 0 Å². The van der Waals surface area contributed by atoms with Crippen LogP contribution in [0.5, 0.6) is 0 Å². The van der Waals surface area contributed by atoms with Crippen LogP contribution in [0.15, 0.2) is 59.4 Å². The van der Waals surface area contributed by atoms with E-state index in [1.807, 2.05) is 48.5 Å². The maximum atomic E-state index is 12.9. The molecule has 0 aliphatic rings. The van der Waals surface area contributed by atoms with Crippen molar-refractivity contribution in [2.24, 2.45) is 0 Å². The molecule has 0 aliphatic heterocycles. The molecule has 1 aromatic heterocycles. The Kier molecular flexibility index (Phi) is 7.07. The minimum atomic E-state index is -0.218. The van der Waals surface area contributed by atoms with Gasteiger partial charge in [-0.05, 0) is 36.9 Å². The molecule has 152 valence electrons. The maximum absolute atomic E-state index is 12.9. The molecule has 0 spiro atoms. The number of carbonyl (C=O) groups excluding carboxylic acids is 1. The second-order valence-electron chi connectivity index (χ2n) is 6.91. The van der Waals surface area contributed by atoms with Crippen LogP contribution >= 0.6 is 11.6 Å². The molecule has 3 aromatic rings.